The van der Waals surface area contributed by atoms with Gasteiger partial charge in [0.05, 0.1) is 11.5 Å². The summed E-state index contributed by atoms with van der Waals surface area (Å²) in [6.45, 7) is 3.59. The molecule has 0 spiro atoms. The third-order valence-corrected chi connectivity index (χ3v) is 10.9. The van der Waals surface area contributed by atoms with Crippen LogP contribution >= 0.6 is 0 Å². The zero-order chi connectivity index (χ0) is 23.9. The summed E-state index contributed by atoms with van der Waals surface area (Å²) >= 11 is 0. The minimum absolute atomic E-state index is 0.0526. The standard InChI is InChI=1S/C23H41N3O4S2/c1-3-4-5-6-7-8-9-13-18-31(27,28)23(20-21(2)25-26-24)32(29,30)19-14-17-22-15-11-10-12-16-22/h14,17,20,22-23H,3-13,15-16,18-19H2,1-2H3. The van der Waals surface area contributed by atoms with Crippen molar-refractivity contribution in [1.29, 1.82) is 0 Å². The van der Waals surface area contributed by atoms with E-state index >= 15 is 0 Å². The molecule has 0 aromatic heterocycles. The molecule has 1 aliphatic rings. The average Bonchev–Trinajstić information content (AvgIpc) is 2.74. The molecule has 0 aromatic rings. The molecule has 1 atom stereocenters. The molecule has 0 aromatic carbocycles. The Kier molecular flexibility index (Phi) is 13.9. The molecule has 0 aliphatic heterocycles. The fourth-order valence-electron chi connectivity index (χ4n) is 4.09. The average molecular weight is 488 g/mol. The number of hydrogen-bond acceptors (Lipinski definition) is 5. The largest absolute Gasteiger partial charge is 0.227 e. The van der Waals surface area contributed by atoms with Crippen molar-refractivity contribution in [2.75, 3.05) is 11.5 Å². The molecule has 0 N–H and O–H groups in total. The van der Waals surface area contributed by atoms with Gasteiger partial charge in [0, 0.05) is 10.6 Å². The highest BCUT2D eigenvalue weighted by Crippen LogP contribution is 2.25. The molecule has 184 valence electrons. The van der Waals surface area contributed by atoms with Crippen LogP contribution in [0.4, 0.5) is 0 Å². The molecule has 1 rings (SSSR count). The molecule has 1 saturated carbocycles. The zero-order valence-corrected chi connectivity index (χ0v) is 21.4. The summed E-state index contributed by atoms with van der Waals surface area (Å²) in [5.41, 5.74) is 8.68. The van der Waals surface area contributed by atoms with E-state index in [2.05, 4.69) is 16.9 Å². The molecular formula is C23H41N3O4S2. The Bertz CT molecular complexity index is 852. The van der Waals surface area contributed by atoms with Crippen molar-refractivity contribution in [1.82, 2.24) is 0 Å². The molecule has 1 fully saturated rings. The smallest absolute Gasteiger partial charge is 0.181 e. The van der Waals surface area contributed by atoms with Crippen molar-refractivity contribution < 1.29 is 16.8 Å². The van der Waals surface area contributed by atoms with E-state index in [4.69, 9.17) is 5.53 Å². The lowest BCUT2D eigenvalue weighted by Gasteiger charge is -2.18. The van der Waals surface area contributed by atoms with Gasteiger partial charge in [-0.1, -0.05) is 88.4 Å². The highest BCUT2D eigenvalue weighted by atomic mass is 32.3. The first-order valence-electron chi connectivity index (χ1n) is 12.1. The van der Waals surface area contributed by atoms with Gasteiger partial charge in [-0.3, -0.25) is 0 Å². The molecule has 0 amide bonds. The fraction of sp³-hybridized carbons (Fsp3) is 0.826. The maximum atomic E-state index is 13.0. The molecule has 7 nitrogen and oxygen atoms in total. The van der Waals surface area contributed by atoms with Crippen LogP contribution in [0.3, 0.4) is 0 Å². The van der Waals surface area contributed by atoms with Crippen LogP contribution in [0.25, 0.3) is 10.4 Å². The number of hydrogen-bond donors (Lipinski definition) is 0. The van der Waals surface area contributed by atoms with Gasteiger partial charge >= 0.3 is 0 Å². The first-order chi connectivity index (χ1) is 15.2. The van der Waals surface area contributed by atoms with Gasteiger partial charge in [-0.25, -0.2) is 16.8 Å². The lowest BCUT2D eigenvalue weighted by atomic mass is 9.89. The molecule has 0 bridgehead atoms. The van der Waals surface area contributed by atoms with Crippen LogP contribution < -0.4 is 0 Å². The third kappa shape index (κ3) is 11.5. The maximum absolute atomic E-state index is 13.0. The highest BCUT2D eigenvalue weighted by Gasteiger charge is 2.34. The minimum Gasteiger partial charge on any atom is -0.227 e. The van der Waals surface area contributed by atoms with E-state index in [1.165, 1.54) is 32.6 Å². The molecule has 0 saturated heterocycles. The van der Waals surface area contributed by atoms with Gasteiger partial charge in [-0.05, 0) is 43.7 Å². The Hall–Kier alpha value is -1.31. The van der Waals surface area contributed by atoms with Crippen LogP contribution in [0.15, 0.2) is 29.0 Å². The number of nitrogens with zero attached hydrogens (tertiary/aromatic N) is 3. The summed E-state index contributed by atoms with van der Waals surface area (Å²) in [5.74, 6) is -0.143. The second-order valence-electron chi connectivity index (χ2n) is 8.86. The monoisotopic (exact) mass is 487 g/mol. The molecule has 0 heterocycles. The van der Waals surface area contributed by atoms with E-state index in [0.29, 0.717) is 12.3 Å². The Morgan fingerprint density at radius 2 is 1.56 bits per heavy atom. The number of rotatable bonds is 16. The van der Waals surface area contributed by atoms with Crippen molar-refractivity contribution in [3.63, 3.8) is 0 Å². The summed E-state index contributed by atoms with van der Waals surface area (Å²) in [7, 11) is -7.92. The van der Waals surface area contributed by atoms with Gasteiger partial charge in [0.15, 0.2) is 24.3 Å². The van der Waals surface area contributed by atoms with Crippen LogP contribution in [0.5, 0.6) is 0 Å². The fourth-order valence-corrected chi connectivity index (χ4v) is 8.62. The van der Waals surface area contributed by atoms with Crippen LogP contribution in [0.2, 0.25) is 0 Å². The molecule has 1 aliphatic carbocycles. The second-order valence-corrected chi connectivity index (χ2v) is 13.6. The third-order valence-electron chi connectivity index (χ3n) is 5.96. The molecule has 0 radical (unpaired) electrons. The lowest BCUT2D eigenvalue weighted by Crippen LogP contribution is -2.32. The molecular weight excluding hydrogens is 446 g/mol. The predicted octanol–water partition coefficient (Wildman–Crippen LogP) is 6.63. The van der Waals surface area contributed by atoms with E-state index in [0.717, 1.165) is 57.4 Å². The highest BCUT2D eigenvalue weighted by molar-refractivity contribution is 8.09. The number of sulfone groups is 2. The van der Waals surface area contributed by atoms with Crippen molar-refractivity contribution >= 4 is 19.7 Å². The second kappa shape index (κ2) is 15.5. The topological polar surface area (TPSA) is 117 Å². The van der Waals surface area contributed by atoms with E-state index in [1.54, 1.807) is 6.08 Å². The van der Waals surface area contributed by atoms with Crippen LogP contribution in [-0.4, -0.2) is 32.9 Å². The number of azide groups is 1. The van der Waals surface area contributed by atoms with Crippen LogP contribution in [-0.2, 0) is 19.7 Å². The van der Waals surface area contributed by atoms with Crippen molar-refractivity contribution in [3.05, 3.63) is 34.4 Å². The summed E-state index contributed by atoms with van der Waals surface area (Å²) in [6, 6.07) is 0. The molecule has 9 heteroatoms. The first-order valence-corrected chi connectivity index (χ1v) is 15.5. The lowest BCUT2D eigenvalue weighted by molar-refractivity contribution is 0.419. The van der Waals surface area contributed by atoms with Crippen LogP contribution in [0, 0.1) is 5.92 Å². The van der Waals surface area contributed by atoms with Gasteiger partial charge in [0.2, 0.25) is 0 Å². The van der Waals surface area contributed by atoms with Crippen molar-refractivity contribution in [2.24, 2.45) is 11.0 Å². The summed E-state index contributed by atoms with van der Waals surface area (Å²) in [5, 5.41) is 3.39. The maximum Gasteiger partial charge on any atom is 0.181 e. The van der Waals surface area contributed by atoms with E-state index in [1.807, 2.05) is 6.08 Å². The van der Waals surface area contributed by atoms with Gasteiger partial charge in [0.1, 0.15) is 0 Å². The summed E-state index contributed by atoms with van der Waals surface area (Å²) in [4.78, 5) is 2.65. The molecule has 1 unspecified atom stereocenters. The van der Waals surface area contributed by atoms with Crippen molar-refractivity contribution in [2.45, 2.75) is 102 Å². The van der Waals surface area contributed by atoms with E-state index < -0.39 is 24.3 Å². The summed E-state index contributed by atoms with van der Waals surface area (Å²) < 4.78 is 50.2. The Morgan fingerprint density at radius 3 is 2.16 bits per heavy atom. The van der Waals surface area contributed by atoms with E-state index in [9.17, 15) is 16.8 Å². The predicted molar refractivity (Wildman–Crippen MR) is 133 cm³/mol. The van der Waals surface area contributed by atoms with E-state index in [-0.39, 0.29) is 17.2 Å². The quantitative estimate of drug-likeness (QED) is 0.0797. The Balaban J connectivity index is 2.79. The Labute approximate surface area is 195 Å². The first kappa shape index (κ1) is 28.7. The number of allylic oxidation sites excluding steroid dienone is 2. The summed E-state index contributed by atoms with van der Waals surface area (Å²) in [6.07, 6.45) is 18.2. The van der Waals surface area contributed by atoms with Gasteiger partial charge in [0.25, 0.3) is 0 Å². The number of unbranched alkanes of at least 4 members (excludes halogenated alkanes) is 7. The Morgan fingerprint density at radius 1 is 0.969 bits per heavy atom. The van der Waals surface area contributed by atoms with Crippen LogP contribution in [0.1, 0.15) is 97.3 Å². The SMILES string of the molecule is CCCCCCCCCCS(=O)(=O)C(C=C(C)N=[N+]=[N-])S(=O)(=O)CC=CC1CCCCC1. The van der Waals surface area contributed by atoms with Gasteiger partial charge < -0.3 is 0 Å². The van der Waals surface area contributed by atoms with Gasteiger partial charge in [-0.15, -0.1) is 0 Å². The minimum atomic E-state index is -3.99. The van der Waals surface area contributed by atoms with Gasteiger partial charge in [-0.2, -0.15) is 0 Å². The normalized spacial score (nSPS) is 17.4. The van der Waals surface area contributed by atoms with Crippen molar-refractivity contribution in [3.8, 4) is 0 Å². The zero-order valence-electron chi connectivity index (χ0n) is 19.8. The molecule has 32 heavy (non-hydrogen) atoms.